The number of rotatable bonds is 3. The zero-order valence-corrected chi connectivity index (χ0v) is 17.0. The van der Waals surface area contributed by atoms with Crippen molar-refractivity contribution in [2.45, 2.75) is 30.7 Å². The average molecular weight is 336 g/mol. The van der Waals surface area contributed by atoms with Crippen LogP contribution >= 0.6 is 7.82 Å². The van der Waals surface area contributed by atoms with E-state index >= 15 is 0 Å². The molecule has 0 aromatic heterocycles. The van der Waals surface area contributed by atoms with Gasteiger partial charge in [-0.2, -0.15) is 0 Å². The maximum Gasteiger partial charge on any atom is 1.00 e. The van der Waals surface area contributed by atoms with Crippen LogP contribution in [0.25, 0.3) is 0 Å². The fourth-order valence-electron chi connectivity index (χ4n) is 1.28. The normalized spacial score (nSPS) is 36.4. The topological polar surface area (TPSA) is 163 Å². The van der Waals surface area contributed by atoms with Gasteiger partial charge in [0.05, 0.1) is 14.4 Å². The van der Waals surface area contributed by atoms with E-state index in [0.29, 0.717) is 0 Å². The van der Waals surface area contributed by atoms with Crippen molar-refractivity contribution < 1.29 is 147 Å². The van der Waals surface area contributed by atoms with Crippen LogP contribution in [0.15, 0.2) is 0 Å². The molecule has 0 radical (unpaired) electrons. The Hall–Kier alpha value is 3.18. The fourth-order valence-corrected chi connectivity index (χ4v) is 1.71. The summed E-state index contributed by atoms with van der Waals surface area (Å²) in [6, 6.07) is 0. The van der Waals surface area contributed by atoms with Crippen molar-refractivity contribution >= 4 is 7.82 Å². The van der Waals surface area contributed by atoms with E-state index in [2.05, 4.69) is 9.26 Å². The van der Waals surface area contributed by atoms with Gasteiger partial charge in [-0.3, -0.25) is 0 Å². The molecular weight excluding hydrogens is 325 g/mol. The van der Waals surface area contributed by atoms with Gasteiger partial charge in [0.25, 0.3) is 0 Å². The Balaban J connectivity index is 0. The van der Waals surface area contributed by atoms with Crippen LogP contribution < -0.4 is 113 Å². The van der Waals surface area contributed by atoms with E-state index in [9.17, 15) is 29.7 Å². The molecule has 1 aliphatic heterocycles. The molecule has 0 aliphatic carbocycles. The first-order chi connectivity index (χ1) is 7.26. The summed E-state index contributed by atoms with van der Waals surface area (Å²) >= 11 is 0. The Bertz CT molecular complexity index is 284. The first-order valence-corrected chi connectivity index (χ1v) is 5.73. The number of hydrogen-bond acceptors (Lipinski definition) is 9. The van der Waals surface area contributed by atoms with Gasteiger partial charge in [0.2, 0.25) is 0 Å². The molecule has 1 fully saturated rings. The molecule has 9 nitrogen and oxygen atoms in total. The molecule has 1 rings (SSSR count). The molecule has 0 unspecified atom stereocenters. The van der Waals surface area contributed by atoms with Crippen LogP contribution in [-0.2, 0) is 13.8 Å². The number of ether oxygens (including phenoxy) is 1. The molecule has 0 saturated carbocycles. The van der Waals surface area contributed by atoms with Crippen LogP contribution in [0.1, 0.15) is 0 Å². The summed E-state index contributed by atoms with van der Waals surface area (Å²) in [5, 5.41) is 36.5. The summed E-state index contributed by atoms with van der Waals surface area (Å²) in [6.07, 6.45) is -8.61. The minimum absolute atomic E-state index is 0. The second-order valence-electron chi connectivity index (χ2n) is 3.25. The standard InChI is InChI=1S/C6H13O9P.2K/c7-1-2-3(8)4(9)5(10)6(14-2)15-16(11,12)13;;/h2-10H,1H2,(H2,11,12,13);;/q;2*+1/p-2/t2-,3-,4+,5-,6-;;/m1../s1. The molecule has 1 aliphatic rings. The molecule has 0 spiro atoms. The third-order valence-corrected chi connectivity index (χ3v) is 2.55. The predicted octanol–water partition coefficient (Wildman–Crippen LogP) is -10.4. The molecule has 1 heterocycles. The van der Waals surface area contributed by atoms with E-state index in [4.69, 9.17) is 5.11 Å². The largest absolute Gasteiger partial charge is 1.00 e. The van der Waals surface area contributed by atoms with Crippen molar-refractivity contribution in [3.05, 3.63) is 0 Å². The van der Waals surface area contributed by atoms with Gasteiger partial charge in [-0.05, 0) is 0 Å². The van der Waals surface area contributed by atoms with Crippen molar-refractivity contribution in [3.8, 4) is 0 Å². The van der Waals surface area contributed by atoms with Gasteiger partial charge in [0.15, 0.2) is 6.29 Å². The summed E-state index contributed by atoms with van der Waals surface area (Å²) in [7, 11) is -5.41. The summed E-state index contributed by atoms with van der Waals surface area (Å²) in [5.41, 5.74) is 0. The molecular formula is C6H11K2O9P. The van der Waals surface area contributed by atoms with E-state index in [-0.39, 0.29) is 103 Å². The molecule has 96 valence electrons. The van der Waals surface area contributed by atoms with E-state index < -0.39 is 45.1 Å². The molecule has 0 bridgehead atoms. The Morgan fingerprint density at radius 3 is 2.00 bits per heavy atom. The third-order valence-electron chi connectivity index (χ3n) is 2.08. The number of aliphatic hydroxyl groups is 4. The van der Waals surface area contributed by atoms with Crippen LogP contribution in [0, 0.1) is 0 Å². The van der Waals surface area contributed by atoms with E-state index in [1.165, 1.54) is 0 Å². The first-order valence-electron chi connectivity index (χ1n) is 4.27. The quantitative estimate of drug-likeness (QED) is 0.289. The van der Waals surface area contributed by atoms with Crippen molar-refractivity contribution in [1.82, 2.24) is 0 Å². The molecule has 0 aromatic carbocycles. The zero-order chi connectivity index (χ0) is 12.5. The van der Waals surface area contributed by atoms with Crippen molar-refractivity contribution in [2.24, 2.45) is 0 Å². The fraction of sp³-hybridized carbons (Fsp3) is 1.00. The number of phosphoric ester groups is 1. The third kappa shape index (κ3) is 6.96. The van der Waals surface area contributed by atoms with Crippen LogP contribution in [-0.4, -0.2) is 57.7 Å². The van der Waals surface area contributed by atoms with Gasteiger partial charge in [-0.25, -0.2) is 0 Å². The Morgan fingerprint density at radius 1 is 1.11 bits per heavy atom. The van der Waals surface area contributed by atoms with E-state index in [0.717, 1.165) is 0 Å². The maximum atomic E-state index is 10.3. The van der Waals surface area contributed by atoms with Crippen molar-refractivity contribution in [1.29, 1.82) is 0 Å². The summed E-state index contributed by atoms with van der Waals surface area (Å²) in [5.74, 6) is 0. The molecule has 4 N–H and O–H groups in total. The number of phosphoric acid groups is 1. The average Bonchev–Trinajstić information content (AvgIpc) is 2.17. The van der Waals surface area contributed by atoms with E-state index in [1.54, 1.807) is 0 Å². The van der Waals surface area contributed by atoms with Gasteiger partial charge >= 0.3 is 103 Å². The minimum Gasteiger partial charge on any atom is -0.790 e. The minimum atomic E-state index is -5.41. The zero-order valence-electron chi connectivity index (χ0n) is 9.87. The molecule has 0 aromatic rings. The molecule has 18 heavy (non-hydrogen) atoms. The van der Waals surface area contributed by atoms with Crippen LogP contribution in [0.3, 0.4) is 0 Å². The molecule has 12 heteroatoms. The van der Waals surface area contributed by atoms with Crippen LogP contribution in [0.5, 0.6) is 0 Å². The Kier molecular flexibility index (Phi) is 13.1. The number of hydrogen-bond donors (Lipinski definition) is 4. The summed E-state index contributed by atoms with van der Waals surface area (Å²) < 4.78 is 18.7. The van der Waals surface area contributed by atoms with Crippen LogP contribution in [0.4, 0.5) is 0 Å². The maximum absolute atomic E-state index is 10.3. The molecule has 5 atom stereocenters. The second kappa shape index (κ2) is 10.1. The Morgan fingerprint density at radius 2 is 1.61 bits per heavy atom. The second-order valence-corrected chi connectivity index (χ2v) is 4.36. The van der Waals surface area contributed by atoms with Crippen LogP contribution in [0.2, 0.25) is 0 Å². The van der Waals surface area contributed by atoms with Gasteiger partial charge < -0.3 is 44.0 Å². The summed E-state index contributed by atoms with van der Waals surface area (Å²) in [6.45, 7) is -0.743. The van der Waals surface area contributed by atoms with Crippen molar-refractivity contribution in [2.75, 3.05) is 6.61 Å². The monoisotopic (exact) mass is 336 g/mol. The van der Waals surface area contributed by atoms with Gasteiger partial charge in [0.1, 0.15) is 24.4 Å². The van der Waals surface area contributed by atoms with E-state index in [1.807, 2.05) is 0 Å². The predicted molar refractivity (Wildman–Crippen MR) is 42.5 cm³/mol. The first kappa shape index (κ1) is 23.4. The van der Waals surface area contributed by atoms with Gasteiger partial charge in [-0.15, -0.1) is 0 Å². The molecule has 1 saturated heterocycles. The van der Waals surface area contributed by atoms with Gasteiger partial charge in [-0.1, -0.05) is 0 Å². The Labute approximate surface area is 188 Å². The van der Waals surface area contributed by atoms with Gasteiger partial charge in [0, 0.05) is 0 Å². The smallest absolute Gasteiger partial charge is 0.790 e. The van der Waals surface area contributed by atoms with Crippen molar-refractivity contribution in [3.63, 3.8) is 0 Å². The summed E-state index contributed by atoms with van der Waals surface area (Å²) in [4.78, 5) is 20.6. The molecule has 0 amide bonds. The number of aliphatic hydroxyl groups excluding tert-OH is 4. The SMILES string of the molecule is O=P([O-])([O-])O[C@H]1O[C@H](CO)[C@@H](O)[C@H](O)[C@H]1O.[K+].[K+].